The van der Waals surface area contributed by atoms with Crippen LogP contribution in [0.1, 0.15) is 25.8 Å². The predicted octanol–water partition coefficient (Wildman–Crippen LogP) is 4.41. The van der Waals surface area contributed by atoms with E-state index in [0.29, 0.717) is 11.7 Å². The fourth-order valence-electron chi connectivity index (χ4n) is 1.80. The average Bonchev–Trinajstić information content (AvgIpc) is 2.44. The molecule has 0 aliphatic carbocycles. The molecule has 1 aliphatic heterocycles. The standard InChI is InChI=1S/C14H16OS/c1-10-3-4-11(2)16-9-14(10)12-5-7-13(15)8-6-12/h4-10,15H,3H2,1-2H3. The molecule has 84 valence electrons. The third-order valence-electron chi connectivity index (χ3n) is 2.86. The summed E-state index contributed by atoms with van der Waals surface area (Å²) in [6, 6.07) is 7.47. The molecule has 1 aromatic rings. The third-order valence-corrected chi connectivity index (χ3v) is 3.77. The highest BCUT2D eigenvalue weighted by molar-refractivity contribution is 8.05. The quantitative estimate of drug-likeness (QED) is 0.774. The molecular formula is C14H16OS. The van der Waals surface area contributed by atoms with Gasteiger partial charge in [0, 0.05) is 0 Å². The van der Waals surface area contributed by atoms with Gasteiger partial charge >= 0.3 is 0 Å². The zero-order chi connectivity index (χ0) is 11.5. The van der Waals surface area contributed by atoms with Gasteiger partial charge in [-0.1, -0.05) is 25.1 Å². The molecule has 2 heteroatoms. The molecule has 1 heterocycles. The highest BCUT2D eigenvalue weighted by Crippen LogP contribution is 2.35. The van der Waals surface area contributed by atoms with E-state index in [1.54, 1.807) is 23.9 Å². The second-order valence-electron chi connectivity index (χ2n) is 4.19. The van der Waals surface area contributed by atoms with Gasteiger partial charge in [0.05, 0.1) is 0 Å². The van der Waals surface area contributed by atoms with E-state index in [1.165, 1.54) is 16.0 Å². The van der Waals surface area contributed by atoms with Gasteiger partial charge in [-0.3, -0.25) is 0 Å². The van der Waals surface area contributed by atoms with E-state index in [-0.39, 0.29) is 0 Å². The number of allylic oxidation sites excluding steroid dienone is 3. The van der Waals surface area contributed by atoms with Crippen LogP contribution >= 0.6 is 11.8 Å². The van der Waals surface area contributed by atoms with Crippen LogP contribution in [-0.2, 0) is 0 Å². The minimum absolute atomic E-state index is 0.326. The molecule has 0 radical (unpaired) electrons. The van der Waals surface area contributed by atoms with Crippen LogP contribution in [0.5, 0.6) is 5.75 Å². The Labute approximate surface area is 101 Å². The Balaban J connectivity index is 2.30. The van der Waals surface area contributed by atoms with Crippen LogP contribution in [0.15, 0.2) is 40.7 Å². The van der Waals surface area contributed by atoms with Crippen molar-refractivity contribution in [1.82, 2.24) is 0 Å². The second kappa shape index (κ2) is 4.79. The normalized spacial score (nSPS) is 21.0. The van der Waals surface area contributed by atoms with Crippen molar-refractivity contribution in [1.29, 1.82) is 0 Å². The van der Waals surface area contributed by atoms with Crippen LogP contribution < -0.4 is 0 Å². The molecule has 0 spiro atoms. The SMILES string of the molecule is CC1=CCC(C)C(c2ccc(O)cc2)=CS1. The first-order chi connectivity index (χ1) is 7.66. The lowest BCUT2D eigenvalue weighted by Crippen LogP contribution is -1.96. The van der Waals surface area contributed by atoms with Crippen LogP contribution in [0, 0.1) is 5.92 Å². The molecule has 1 atom stereocenters. The number of benzene rings is 1. The van der Waals surface area contributed by atoms with Crippen LogP contribution in [0.2, 0.25) is 0 Å². The molecule has 0 fully saturated rings. The Morgan fingerprint density at radius 2 is 1.94 bits per heavy atom. The minimum atomic E-state index is 0.326. The fraction of sp³-hybridized carbons (Fsp3) is 0.286. The molecule has 1 aromatic carbocycles. The monoisotopic (exact) mass is 232 g/mol. The molecular weight excluding hydrogens is 216 g/mol. The van der Waals surface area contributed by atoms with Crippen molar-refractivity contribution < 1.29 is 5.11 Å². The van der Waals surface area contributed by atoms with E-state index in [2.05, 4.69) is 25.3 Å². The minimum Gasteiger partial charge on any atom is -0.508 e. The van der Waals surface area contributed by atoms with E-state index >= 15 is 0 Å². The summed E-state index contributed by atoms with van der Waals surface area (Å²) in [5, 5.41) is 11.5. The Morgan fingerprint density at radius 3 is 2.62 bits per heavy atom. The number of aromatic hydroxyl groups is 1. The maximum Gasteiger partial charge on any atom is 0.115 e. The van der Waals surface area contributed by atoms with Gasteiger partial charge in [-0.2, -0.15) is 0 Å². The lowest BCUT2D eigenvalue weighted by molar-refractivity contribution is 0.475. The summed E-state index contributed by atoms with van der Waals surface area (Å²) in [5.74, 6) is 0.863. The van der Waals surface area contributed by atoms with Crippen molar-refractivity contribution in [3.05, 3.63) is 46.2 Å². The fourth-order valence-corrected chi connectivity index (χ4v) is 2.67. The largest absolute Gasteiger partial charge is 0.508 e. The van der Waals surface area contributed by atoms with E-state index in [9.17, 15) is 5.11 Å². The number of phenolic OH excluding ortho intramolecular Hbond substituents is 1. The van der Waals surface area contributed by atoms with E-state index in [4.69, 9.17) is 0 Å². The number of phenols is 1. The number of rotatable bonds is 1. The first kappa shape index (κ1) is 11.3. The summed E-state index contributed by atoms with van der Waals surface area (Å²) in [4.78, 5) is 1.36. The van der Waals surface area contributed by atoms with Crippen molar-refractivity contribution in [3.8, 4) is 5.75 Å². The molecule has 0 amide bonds. The van der Waals surface area contributed by atoms with Crippen molar-refractivity contribution >= 4 is 17.3 Å². The maximum absolute atomic E-state index is 9.28. The second-order valence-corrected chi connectivity index (χ2v) is 5.30. The van der Waals surface area contributed by atoms with Gasteiger partial charge in [-0.25, -0.2) is 0 Å². The van der Waals surface area contributed by atoms with Crippen molar-refractivity contribution in [2.24, 2.45) is 5.92 Å². The van der Waals surface area contributed by atoms with Crippen LogP contribution in [0.4, 0.5) is 0 Å². The Hall–Kier alpha value is -1.15. The summed E-state index contributed by atoms with van der Waals surface area (Å²) < 4.78 is 0. The van der Waals surface area contributed by atoms with Crippen molar-refractivity contribution in [3.63, 3.8) is 0 Å². The predicted molar refractivity (Wildman–Crippen MR) is 71.2 cm³/mol. The van der Waals surface area contributed by atoms with Gasteiger partial charge < -0.3 is 5.11 Å². The van der Waals surface area contributed by atoms with Gasteiger partial charge in [-0.15, -0.1) is 11.8 Å². The highest BCUT2D eigenvalue weighted by Gasteiger charge is 2.13. The molecule has 1 unspecified atom stereocenters. The molecule has 1 aliphatic rings. The third kappa shape index (κ3) is 2.50. The van der Waals surface area contributed by atoms with E-state index in [1.807, 2.05) is 12.1 Å². The van der Waals surface area contributed by atoms with Gasteiger partial charge in [0.25, 0.3) is 0 Å². The summed E-state index contributed by atoms with van der Waals surface area (Å²) in [5.41, 5.74) is 2.57. The molecule has 0 bridgehead atoms. The molecule has 1 nitrogen and oxygen atoms in total. The zero-order valence-corrected chi connectivity index (χ0v) is 10.4. The highest BCUT2D eigenvalue weighted by atomic mass is 32.2. The lowest BCUT2D eigenvalue weighted by atomic mass is 9.93. The van der Waals surface area contributed by atoms with Crippen LogP contribution in [0.3, 0.4) is 0 Å². The van der Waals surface area contributed by atoms with Gasteiger partial charge in [0.2, 0.25) is 0 Å². The van der Waals surface area contributed by atoms with Crippen LogP contribution in [-0.4, -0.2) is 5.11 Å². The van der Waals surface area contributed by atoms with E-state index < -0.39 is 0 Å². The molecule has 16 heavy (non-hydrogen) atoms. The number of thioether (sulfide) groups is 1. The summed E-state index contributed by atoms with van der Waals surface area (Å²) in [6.07, 6.45) is 3.38. The molecule has 1 N–H and O–H groups in total. The Morgan fingerprint density at radius 1 is 1.25 bits per heavy atom. The average molecular weight is 232 g/mol. The first-order valence-corrected chi connectivity index (χ1v) is 6.37. The zero-order valence-electron chi connectivity index (χ0n) is 9.60. The molecule has 0 saturated heterocycles. The van der Waals surface area contributed by atoms with Crippen molar-refractivity contribution in [2.45, 2.75) is 20.3 Å². The Kier molecular flexibility index (Phi) is 3.39. The number of hydrogen-bond acceptors (Lipinski definition) is 2. The Bertz CT molecular complexity index is 429. The topological polar surface area (TPSA) is 20.2 Å². The van der Waals surface area contributed by atoms with Gasteiger partial charge in [0.1, 0.15) is 5.75 Å². The summed E-state index contributed by atoms with van der Waals surface area (Å²) in [6.45, 7) is 4.39. The summed E-state index contributed by atoms with van der Waals surface area (Å²) in [7, 11) is 0. The van der Waals surface area contributed by atoms with Crippen LogP contribution in [0.25, 0.3) is 5.57 Å². The summed E-state index contributed by atoms with van der Waals surface area (Å²) >= 11 is 1.79. The molecule has 2 rings (SSSR count). The lowest BCUT2D eigenvalue weighted by Gasteiger charge is -2.13. The maximum atomic E-state index is 9.28. The smallest absolute Gasteiger partial charge is 0.115 e. The first-order valence-electron chi connectivity index (χ1n) is 5.49. The molecule has 0 aromatic heterocycles. The molecule has 0 saturated carbocycles. The van der Waals surface area contributed by atoms with E-state index in [0.717, 1.165) is 6.42 Å². The van der Waals surface area contributed by atoms with Crippen molar-refractivity contribution in [2.75, 3.05) is 0 Å². The van der Waals surface area contributed by atoms with Gasteiger partial charge in [-0.05, 0) is 52.8 Å². The van der Waals surface area contributed by atoms with Gasteiger partial charge in [0.15, 0.2) is 0 Å². The number of hydrogen-bond donors (Lipinski definition) is 1.